The van der Waals surface area contributed by atoms with Gasteiger partial charge in [-0.15, -0.1) is 0 Å². The van der Waals surface area contributed by atoms with Crippen molar-refractivity contribution in [1.82, 2.24) is 0 Å². The van der Waals surface area contributed by atoms with Crippen LogP contribution in [0.3, 0.4) is 0 Å². The van der Waals surface area contributed by atoms with Crippen molar-refractivity contribution in [2.45, 2.75) is 18.9 Å². The summed E-state index contributed by atoms with van der Waals surface area (Å²) >= 11 is 0. The van der Waals surface area contributed by atoms with E-state index >= 15 is 0 Å². The van der Waals surface area contributed by atoms with Crippen molar-refractivity contribution in [2.24, 2.45) is 0 Å². The van der Waals surface area contributed by atoms with Crippen LogP contribution in [0.2, 0.25) is 0 Å². The summed E-state index contributed by atoms with van der Waals surface area (Å²) < 4.78 is 25.9. The third-order valence-electron chi connectivity index (χ3n) is 2.91. The van der Waals surface area contributed by atoms with Gasteiger partial charge in [0, 0.05) is 6.42 Å². The van der Waals surface area contributed by atoms with Gasteiger partial charge in [0.05, 0.1) is 5.60 Å². The predicted octanol–water partition coefficient (Wildman–Crippen LogP) is 3.42. The lowest BCUT2D eigenvalue weighted by Gasteiger charge is -2.24. The summed E-state index contributed by atoms with van der Waals surface area (Å²) in [5.41, 5.74) is 0.123. The van der Waals surface area contributed by atoms with Gasteiger partial charge < -0.3 is 5.11 Å². The topological polar surface area (TPSA) is 20.2 Å². The van der Waals surface area contributed by atoms with Gasteiger partial charge in [-0.3, -0.25) is 0 Å². The van der Waals surface area contributed by atoms with E-state index in [1.807, 2.05) is 0 Å². The Morgan fingerprint density at radius 3 is 2.28 bits per heavy atom. The highest BCUT2D eigenvalue weighted by atomic mass is 19.1. The highest BCUT2D eigenvalue weighted by molar-refractivity contribution is 5.26. The van der Waals surface area contributed by atoms with Crippen molar-refractivity contribution in [3.63, 3.8) is 0 Å². The van der Waals surface area contributed by atoms with Crippen molar-refractivity contribution in [2.75, 3.05) is 0 Å². The summed E-state index contributed by atoms with van der Waals surface area (Å²) in [4.78, 5) is 0. The predicted molar refractivity (Wildman–Crippen MR) is 66.1 cm³/mol. The fraction of sp³-hybridized carbons (Fsp3) is 0.200. The van der Waals surface area contributed by atoms with E-state index in [2.05, 4.69) is 0 Å². The summed E-state index contributed by atoms with van der Waals surface area (Å²) in [5.74, 6) is -0.698. The molecule has 0 aliphatic heterocycles. The lowest BCUT2D eigenvalue weighted by molar-refractivity contribution is 0.0573. The van der Waals surface area contributed by atoms with E-state index in [0.29, 0.717) is 12.0 Å². The highest BCUT2D eigenvalue weighted by Crippen LogP contribution is 2.25. The van der Waals surface area contributed by atoms with Crippen LogP contribution < -0.4 is 0 Å². The third kappa shape index (κ3) is 2.93. The van der Waals surface area contributed by atoms with Crippen molar-refractivity contribution >= 4 is 0 Å². The standard InChI is InChI=1S/C15H14F2O/c1-15(18,12-3-2-4-14(17)9-12)10-11-5-7-13(16)8-6-11/h2-9,18H,10H2,1H3. The molecule has 0 saturated heterocycles. The van der Waals surface area contributed by atoms with E-state index in [4.69, 9.17) is 0 Å². The summed E-state index contributed by atoms with van der Waals surface area (Å²) in [6, 6.07) is 11.8. The Morgan fingerprint density at radius 1 is 1.00 bits per heavy atom. The van der Waals surface area contributed by atoms with Gasteiger partial charge in [0.15, 0.2) is 0 Å². The highest BCUT2D eigenvalue weighted by Gasteiger charge is 2.23. The molecule has 0 saturated carbocycles. The monoisotopic (exact) mass is 248 g/mol. The minimum atomic E-state index is -1.18. The van der Waals surface area contributed by atoms with E-state index < -0.39 is 5.60 Å². The molecule has 1 nitrogen and oxygen atoms in total. The molecule has 18 heavy (non-hydrogen) atoms. The number of hydrogen-bond donors (Lipinski definition) is 1. The van der Waals surface area contributed by atoms with Gasteiger partial charge in [-0.2, -0.15) is 0 Å². The van der Waals surface area contributed by atoms with Crippen LogP contribution in [0.1, 0.15) is 18.1 Å². The Bertz CT molecular complexity index is 532. The molecule has 0 bridgehead atoms. The molecule has 2 aromatic carbocycles. The van der Waals surface area contributed by atoms with Crippen molar-refractivity contribution in [3.8, 4) is 0 Å². The first-order valence-electron chi connectivity index (χ1n) is 5.70. The number of hydrogen-bond acceptors (Lipinski definition) is 1. The average Bonchev–Trinajstić information content (AvgIpc) is 2.32. The molecule has 0 aromatic heterocycles. The lowest BCUT2D eigenvalue weighted by Crippen LogP contribution is -2.24. The molecule has 1 N–H and O–H groups in total. The van der Waals surface area contributed by atoms with Crippen LogP contribution in [0.4, 0.5) is 8.78 Å². The molecule has 94 valence electrons. The summed E-state index contributed by atoms with van der Waals surface area (Å²) in [6.07, 6.45) is 0.302. The van der Waals surface area contributed by atoms with E-state index in [0.717, 1.165) is 5.56 Å². The second-order valence-electron chi connectivity index (χ2n) is 4.59. The molecule has 0 amide bonds. The molecule has 1 atom stereocenters. The Balaban J connectivity index is 2.23. The molecule has 2 rings (SSSR count). The largest absolute Gasteiger partial charge is 0.385 e. The molecule has 0 aliphatic rings. The first kappa shape index (κ1) is 12.7. The van der Waals surface area contributed by atoms with Gasteiger partial charge in [-0.1, -0.05) is 24.3 Å². The van der Waals surface area contributed by atoms with Gasteiger partial charge >= 0.3 is 0 Å². The zero-order chi connectivity index (χ0) is 13.2. The van der Waals surface area contributed by atoms with Gasteiger partial charge in [0.25, 0.3) is 0 Å². The fourth-order valence-electron chi connectivity index (χ4n) is 1.93. The molecule has 3 heteroatoms. The quantitative estimate of drug-likeness (QED) is 0.882. The number of rotatable bonds is 3. The van der Waals surface area contributed by atoms with Gasteiger partial charge in [-0.25, -0.2) is 8.78 Å². The molecule has 0 heterocycles. The number of benzene rings is 2. The normalized spacial score (nSPS) is 14.2. The molecule has 2 aromatic rings. The first-order chi connectivity index (χ1) is 8.47. The Kier molecular flexibility index (Phi) is 3.43. The first-order valence-corrected chi connectivity index (χ1v) is 5.70. The van der Waals surface area contributed by atoms with Crippen LogP contribution >= 0.6 is 0 Å². The van der Waals surface area contributed by atoms with Gasteiger partial charge in [-0.05, 0) is 42.3 Å². The molecule has 0 fully saturated rings. The third-order valence-corrected chi connectivity index (χ3v) is 2.91. The molecular weight excluding hydrogens is 234 g/mol. The lowest BCUT2D eigenvalue weighted by atomic mass is 9.89. The van der Waals surface area contributed by atoms with E-state index in [9.17, 15) is 13.9 Å². The van der Waals surface area contributed by atoms with E-state index in [-0.39, 0.29) is 11.6 Å². The summed E-state index contributed by atoms with van der Waals surface area (Å²) in [7, 11) is 0. The van der Waals surface area contributed by atoms with Gasteiger partial charge in [0.2, 0.25) is 0 Å². The molecular formula is C15H14F2O. The van der Waals surface area contributed by atoms with E-state index in [1.165, 1.54) is 24.3 Å². The van der Waals surface area contributed by atoms with Crippen LogP contribution in [0.25, 0.3) is 0 Å². The van der Waals surface area contributed by atoms with Crippen LogP contribution in [0, 0.1) is 11.6 Å². The van der Waals surface area contributed by atoms with Crippen molar-refractivity contribution in [3.05, 3.63) is 71.3 Å². The summed E-state index contributed by atoms with van der Waals surface area (Å²) in [6.45, 7) is 1.62. The average molecular weight is 248 g/mol. The van der Waals surface area contributed by atoms with Crippen LogP contribution in [0.15, 0.2) is 48.5 Å². The zero-order valence-electron chi connectivity index (χ0n) is 10.0. The fourth-order valence-corrected chi connectivity index (χ4v) is 1.93. The minimum absolute atomic E-state index is 0.302. The van der Waals surface area contributed by atoms with Gasteiger partial charge in [0.1, 0.15) is 11.6 Å². The van der Waals surface area contributed by atoms with Crippen LogP contribution in [0.5, 0.6) is 0 Å². The maximum atomic E-state index is 13.1. The Hall–Kier alpha value is -1.74. The number of halogens is 2. The maximum absolute atomic E-state index is 13.1. The Morgan fingerprint density at radius 2 is 1.67 bits per heavy atom. The van der Waals surface area contributed by atoms with Crippen LogP contribution in [-0.2, 0) is 12.0 Å². The van der Waals surface area contributed by atoms with Crippen LogP contribution in [-0.4, -0.2) is 5.11 Å². The SMILES string of the molecule is CC(O)(Cc1ccc(F)cc1)c1cccc(F)c1. The second-order valence-corrected chi connectivity index (χ2v) is 4.59. The molecule has 0 aliphatic carbocycles. The zero-order valence-corrected chi connectivity index (χ0v) is 10.0. The smallest absolute Gasteiger partial charge is 0.123 e. The minimum Gasteiger partial charge on any atom is -0.385 e. The van der Waals surface area contributed by atoms with Crippen molar-refractivity contribution < 1.29 is 13.9 Å². The van der Waals surface area contributed by atoms with Crippen molar-refractivity contribution in [1.29, 1.82) is 0 Å². The molecule has 1 unspecified atom stereocenters. The molecule has 0 radical (unpaired) electrons. The molecule has 0 spiro atoms. The Labute approximate surface area is 105 Å². The number of aliphatic hydroxyl groups is 1. The second kappa shape index (κ2) is 4.86. The summed E-state index contributed by atoms with van der Waals surface area (Å²) in [5, 5.41) is 10.4. The maximum Gasteiger partial charge on any atom is 0.123 e. The van der Waals surface area contributed by atoms with E-state index in [1.54, 1.807) is 31.2 Å².